The third kappa shape index (κ3) is 4.25. The van der Waals surface area contributed by atoms with Gasteiger partial charge in [-0.05, 0) is 48.4 Å². The van der Waals surface area contributed by atoms with Gasteiger partial charge in [0, 0.05) is 17.6 Å². The van der Waals surface area contributed by atoms with Crippen LogP contribution in [0.1, 0.15) is 17.2 Å². The van der Waals surface area contributed by atoms with Crippen LogP contribution in [0.2, 0.25) is 5.02 Å². The van der Waals surface area contributed by atoms with Crippen LogP contribution in [-0.2, 0) is 16.4 Å². The number of fused-ring (bicyclic) bond motifs is 1. The Morgan fingerprint density at radius 3 is 2.57 bits per heavy atom. The van der Waals surface area contributed by atoms with Gasteiger partial charge in [0.1, 0.15) is 0 Å². The number of sulfonamides is 1. The van der Waals surface area contributed by atoms with Crippen molar-refractivity contribution >= 4 is 34.0 Å². The molecule has 0 aliphatic carbocycles. The molecular formula is C16H18Cl2N2O2S. The number of hydrogen-bond acceptors (Lipinski definition) is 3. The Morgan fingerprint density at radius 1 is 1.13 bits per heavy atom. The van der Waals surface area contributed by atoms with Gasteiger partial charge in [0.25, 0.3) is 0 Å². The molecule has 0 saturated carbocycles. The van der Waals surface area contributed by atoms with Gasteiger partial charge >= 0.3 is 0 Å². The average Bonchev–Trinajstić information content (AvgIpc) is 2.53. The maximum atomic E-state index is 12.3. The third-order valence-electron chi connectivity index (χ3n) is 3.82. The summed E-state index contributed by atoms with van der Waals surface area (Å²) in [6, 6.07) is 14.3. The van der Waals surface area contributed by atoms with E-state index < -0.39 is 10.0 Å². The van der Waals surface area contributed by atoms with E-state index in [9.17, 15) is 8.42 Å². The van der Waals surface area contributed by atoms with Crippen molar-refractivity contribution in [1.29, 1.82) is 0 Å². The van der Waals surface area contributed by atoms with Gasteiger partial charge in [0.2, 0.25) is 10.0 Å². The van der Waals surface area contributed by atoms with Crippen molar-refractivity contribution in [3.8, 4) is 0 Å². The highest BCUT2D eigenvalue weighted by atomic mass is 35.5. The molecule has 1 aliphatic rings. The number of hydrogen-bond donors (Lipinski definition) is 2. The van der Waals surface area contributed by atoms with Crippen LogP contribution in [-0.4, -0.2) is 21.5 Å². The molecule has 23 heavy (non-hydrogen) atoms. The molecule has 0 fully saturated rings. The lowest BCUT2D eigenvalue weighted by Crippen LogP contribution is -2.38. The minimum atomic E-state index is -3.53. The van der Waals surface area contributed by atoms with Crippen LogP contribution in [0.15, 0.2) is 53.4 Å². The van der Waals surface area contributed by atoms with E-state index in [1.165, 1.54) is 17.7 Å². The summed E-state index contributed by atoms with van der Waals surface area (Å²) >= 11 is 5.79. The van der Waals surface area contributed by atoms with Crippen LogP contribution in [0.4, 0.5) is 0 Å². The van der Waals surface area contributed by atoms with E-state index in [0.29, 0.717) is 11.6 Å². The molecule has 3 rings (SSSR count). The summed E-state index contributed by atoms with van der Waals surface area (Å²) in [5.74, 6) is 0. The molecule has 4 nitrogen and oxygen atoms in total. The normalized spacial score (nSPS) is 17.2. The largest absolute Gasteiger partial charge is 0.308 e. The maximum Gasteiger partial charge on any atom is 0.240 e. The van der Waals surface area contributed by atoms with E-state index in [1.807, 2.05) is 18.2 Å². The van der Waals surface area contributed by atoms with Crippen molar-refractivity contribution in [3.05, 3.63) is 64.7 Å². The fourth-order valence-electron chi connectivity index (χ4n) is 2.67. The summed E-state index contributed by atoms with van der Waals surface area (Å²) in [6.07, 6.45) is 0.969. The molecule has 0 radical (unpaired) electrons. The summed E-state index contributed by atoms with van der Waals surface area (Å²) in [6.45, 7) is 1.17. The minimum Gasteiger partial charge on any atom is -0.308 e. The number of halogens is 2. The van der Waals surface area contributed by atoms with Gasteiger partial charge in [-0.25, -0.2) is 13.1 Å². The van der Waals surface area contributed by atoms with Gasteiger partial charge in [0.05, 0.1) is 4.90 Å². The fourth-order valence-corrected chi connectivity index (χ4v) is 3.84. The Bertz CT molecular complexity index is 764. The molecule has 2 N–H and O–H groups in total. The van der Waals surface area contributed by atoms with Gasteiger partial charge in [0.15, 0.2) is 0 Å². The summed E-state index contributed by atoms with van der Waals surface area (Å²) in [5, 5.41) is 3.88. The molecule has 0 amide bonds. The Morgan fingerprint density at radius 2 is 1.83 bits per heavy atom. The average molecular weight is 373 g/mol. The summed E-state index contributed by atoms with van der Waals surface area (Å²) in [4.78, 5) is 0.223. The Labute approximate surface area is 147 Å². The predicted octanol–water partition coefficient (Wildman–Crippen LogP) is 2.93. The first-order valence-electron chi connectivity index (χ1n) is 7.13. The van der Waals surface area contributed by atoms with E-state index in [2.05, 4.69) is 16.1 Å². The molecule has 1 aliphatic heterocycles. The highest BCUT2D eigenvalue weighted by molar-refractivity contribution is 7.89. The van der Waals surface area contributed by atoms with Gasteiger partial charge < -0.3 is 5.32 Å². The van der Waals surface area contributed by atoms with Crippen LogP contribution in [0.5, 0.6) is 0 Å². The highest BCUT2D eigenvalue weighted by Gasteiger charge is 2.22. The fraction of sp³-hybridized carbons (Fsp3) is 0.250. The van der Waals surface area contributed by atoms with Gasteiger partial charge in [-0.15, -0.1) is 12.4 Å². The van der Waals surface area contributed by atoms with E-state index in [0.717, 1.165) is 18.5 Å². The predicted molar refractivity (Wildman–Crippen MR) is 94.8 cm³/mol. The first-order chi connectivity index (χ1) is 10.6. The highest BCUT2D eigenvalue weighted by Crippen LogP contribution is 2.22. The van der Waals surface area contributed by atoms with Crippen LogP contribution >= 0.6 is 24.0 Å². The second-order valence-electron chi connectivity index (χ2n) is 5.26. The molecular weight excluding hydrogens is 355 g/mol. The Hall–Kier alpha value is -1.11. The zero-order chi connectivity index (χ0) is 15.6. The maximum absolute atomic E-state index is 12.3. The van der Waals surface area contributed by atoms with Gasteiger partial charge in [-0.1, -0.05) is 35.9 Å². The number of nitrogens with one attached hydrogen (secondary N) is 2. The summed E-state index contributed by atoms with van der Waals surface area (Å²) in [5.41, 5.74) is 2.43. The van der Waals surface area contributed by atoms with E-state index in [-0.39, 0.29) is 23.3 Å². The molecule has 0 spiro atoms. The quantitative estimate of drug-likeness (QED) is 0.867. The van der Waals surface area contributed by atoms with Crippen molar-refractivity contribution in [1.82, 2.24) is 10.0 Å². The second kappa shape index (κ2) is 7.64. The SMILES string of the molecule is Cl.O=S(=O)(NCC1NCCc2ccccc21)c1ccc(Cl)cc1. The van der Waals surface area contributed by atoms with Crippen molar-refractivity contribution in [2.45, 2.75) is 17.4 Å². The smallest absolute Gasteiger partial charge is 0.240 e. The van der Waals surface area contributed by atoms with Crippen LogP contribution in [0.25, 0.3) is 0 Å². The molecule has 1 atom stereocenters. The molecule has 0 bridgehead atoms. The molecule has 7 heteroatoms. The number of benzene rings is 2. The first-order valence-corrected chi connectivity index (χ1v) is 8.99. The van der Waals surface area contributed by atoms with Crippen molar-refractivity contribution in [2.75, 3.05) is 13.1 Å². The van der Waals surface area contributed by atoms with E-state index in [1.54, 1.807) is 12.1 Å². The topological polar surface area (TPSA) is 58.2 Å². The molecule has 2 aromatic carbocycles. The van der Waals surface area contributed by atoms with E-state index in [4.69, 9.17) is 11.6 Å². The zero-order valence-electron chi connectivity index (χ0n) is 12.3. The minimum absolute atomic E-state index is 0. The third-order valence-corrected chi connectivity index (χ3v) is 5.51. The molecule has 0 saturated heterocycles. The monoisotopic (exact) mass is 372 g/mol. The summed E-state index contributed by atoms with van der Waals surface area (Å²) in [7, 11) is -3.53. The molecule has 0 aromatic heterocycles. The molecule has 2 aromatic rings. The Balaban J connectivity index is 0.00000192. The van der Waals surface area contributed by atoms with Crippen LogP contribution < -0.4 is 10.0 Å². The standard InChI is InChI=1S/C16H17ClN2O2S.ClH/c17-13-5-7-14(8-6-13)22(20,21)19-11-16-15-4-2-1-3-12(15)9-10-18-16;/h1-8,16,18-19H,9-11H2;1H. The van der Waals surface area contributed by atoms with Crippen molar-refractivity contribution in [3.63, 3.8) is 0 Å². The zero-order valence-corrected chi connectivity index (χ0v) is 14.7. The van der Waals surface area contributed by atoms with Crippen molar-refractivity contribution < 1.29 is 8.42 Å². The van der Waals surface area contributed by atoms with Crippen molar-refractivity contribution in [2.24, 2.45) is 0 Å². The lowest BCUT2D eigenvalue weighted by Gasteiger charge is -2.27. The second-order valence-corrected chi connectivity index (χ2v) is 7.46. The molecule has 1 unspecified atom stereocenters. The lowest BCUT2D eigenvalue weighted by molar-refractivity contribution is 0.491. The lowest BCUT2D eigenvalue weighted by atomic mass is 9.95. The van der Waals surface area contributed by atoms with E-state index >= 15 is 0 Å². The van der Waals surface area contributed by atoms with Crippen LogP contribution in [0, 0.1) is 0 Å². The first kappa shape index (κ1) is 18.2. The molecule has 1 heterocycles. The van der Waals surface area contributed by atoms with Crippen LogP contribution in [0.3, 0.4) is 0 Å². The molecule has 124 valence electrons. The van der Waals surface area contributed by atoms with Gasteiger partial charge in [-0.2, -0.15) is 0 Å². The summed E-state index contributed by atoms with van der Waals surface area (Å²) < 4.78 is 27.3. The number of rotatable bonds is 4. The van der Waals surface area contributed by atoms with Gasteiger partial charge in [-0.3, -0.25) is 0 Å². The Kier molecular flexibility index (Phi) is 6.06.